The van der Waals surface area contributed by atoms with Crippen LogP contribution >= 0.6 is 0 Å². The predicted molar refractivity (Wildman–Crippen MR) is 270 cm³/mol. The van der Waals surface area contributed by atoms with E-state index >= 15 is 0 Å². The third-order valence-corrected chi connectivity index (χ3v) is 13.9. The number of hydrogen-bond acceptors (Lipinski definition) is 4. The summed E-state index contributed by atoms with van der Waals surface area (Å²) >= 11 is 0. The van der Waals surface area contributed by atoms with Crippen LogP contribution < -0.4 is 9.80 Å². The van der Waals surface area contributed by atoms with Gasteiger partial charge in [-0.15, -0.1) is 0 Å². The third-order valence-electron chi connectivity index (χ3n) is 13.9. The maximum atomic E-state index is 8.38. The van der Waals surface area contributed by atoms with Gasteiger partial charge in [-0.3, -0.25) is 0 Å². The number of nitrogens with zero attached hydrogens (tertiary/aromatic N) is 3. The van der Waals surface area contributed by atoms with Crippen LogP contribution in [0.2, 0.25) is 0 Å². The van der Waals surface area contributed by atoms with Gasteiger partial charge in [0.1, 0.15) is 11.2 Å². The highest BCUT2D eigenvalue weighted by Gasteiger charge is 2.24. The Balaban J connectivity index is 1.08. The molecule has 0 unspecified atom stereocenters. The van der Waals surface area contributed by atoms with Crippen molar-refractivity contribution in [1.29, 1.82) is 0 Å². The van der Waals surface area contributed by atoms with Crippen molar-refractivity contribution in [3.05, 3.63) is 195 Å². The molecule has 310 valence electrons. The fourth-order valence-corrected chi connectivity index (χ4v) is 9.70. The van der Waals surface area contributed by atoms with Crippen LogP contribution in [0.4, 0.5) is 39.8 Å². The van der Waals surface area contributed by atoms with E-state index in [0.29, 0.717) is 16.9 Å². The van der Waals surface area contributed by atoms with Gasteiger partial charge in [0.25, 0.3) is 0 Å². The van der Waals surface area contributed by atoms with Gasteiger partial charge in [0.15, 0.2) is 16.9 Å². The smallest absolute Gasteiger partial charge is 0.199 e. The predicted octanol–water partition coefficient (Wildman–Crippen LogP) is 17.7. The fourth-order valence-electron chi connectivity index (χ4n) is 9.70. The lowest BCUT2D eigenvalue weighted by Crippen LogP contribution is -2.13. The second-order valence-corrected chi connectivity index (χ2v) is 17.6. The normalized spacial score (nSPS) is 11.7. The lowest BCUT2D eigenvalue weighted by atomic mass is 10.00. The number of aryl methyl sites for hydroxylation is 4. The molecule has 0 aliphatic heterocycles. The second-order valence-electron chi connectivity index (χ2n) is 17.6. The number of furan rings is 2. The Hall–Kier alpha value is -7.81. The lowest BCUT2D eigenvalue weighted by Gasteiger charge is -2.30. The Morgan fingerprint density at radius 2 is 0.797 bits per heavy atom. The molecular weight excluding hydrogens is 783 g/mol. The van der Waals surface area contributed by atoms with Crippen molar-refractivity contribution >= 4 is 105 Å². The first-order valence-electron chi connectivity index (χ1n) is 21.9. The van der Waals surface area contributed by atoms with Crippen molar-refractivity contribution in [3.63, 3.8) is 0 Å². The molecule has 5 heteroatoms. The molecular formula is C59H47N3O2. The zero-order chi connectivity index (χ0) is 44.1. The maximum Gasteiger partial charge on any atom is 0.199 e. The molecule has 0 spiro atoms. The van der Waals surface area contributed by atoms with Gasteiger partial charge in [0.2, 0.25) is 0 Å². The summed E-state index contributed by atoms with van der Waals surface area (Å²) < 4.78 is 13.6. The maximum absolute atomic E-state index is 8.38. The first kappa shape index (κ1) is 39.1. The molecule has 0 bridgehead atoms. The summed E-state index contributed by atoms with van der Waals surface area (Å²) in [7, 11) is 0. The van der Waals surface area contributed by atoms with Gasteiger partial charge in [-0.2, -0.15) is 0 Å². The van der Waals surface area contributed by atoms with E-state index in [2.05, 4.69) is 203 Å². The monoisotopic (exact) mass is 829 g/mol. The molecule has 2 heterocycles. The molecule has 9 aromatic carbocycles. The number of hydrogen-bond donors (Lipinski definition) is 0. The van der Waals surface area contributed by atoms with Crippen LogP contribution in [0.1, 0.15) is 44.5 Å². The Morgan fingerprint density at radius 3 is 1.23 bits per heavy atom. The molecule has 0 saturated carbocycles. The van der Waals surface area contributed by atoms with Gasteiger partial charge in [-0.05, 0) is 200 Å². The van der Waals surface area contributed by atoms with E-state index in [1.54, 1.807) is 0 Å². The van der Waals surface area contributed by atoms with Crippen LogP contribution in [0.15, 0.2) is 148 Å². The summed E-state index contributed by atoms with van der Waals surface area (Å²) in [4.78, 5) is 8.84. The molecule has 0 aliphatic rings. The summed E-state index contributed by atoms with van der Waals surface area (Å²) in [6.07, 6.45) is 0. The molecule has 0 saturated heterocycles. The standard InChI is InChI=1S/C59H47N3O2/c1-33-14-10-18-51(37(33)5)61(52-19-11-15-34(2)38(52)6)45-24-22-41-28-47-48-32-50(60-9)57-49-29-42-23-25-46(27-44(42)31-56(49)64-59(57)58(48)63-55(47)30-43(41)26-45)62(53-20-12-16-35(3)39(53)7)54-21-13-17-36(4)40(54)8/h10-32H,1-8H3. The van der Waals surface area contributed by atoms with Crippen LogP contribution in [0.5, 0.6) is 0 Å². The third kappa shape index (κ3) is 5.97. The van der Waals surface area contributed by atoms with Gasteiger partial charge >= 0.3 is 0 Å². The highest BCUT2D eigenvalue weighted by molar-refractivity contribution is 6.25. The van der Waals surface area contributed by atoms with E-state index in [9.17, 15) is 0 Å². The minimum absolute atomic E-state index is 0.545. The average Bonchev–Trinajstić information content (AvgIpc) is 3.85. The Bertz CT molecular complexity index is 3700. The van der Waals surface area contributed by atoms with E-state index in [0.717, 1.165) is 88.4 Å². The van der Waals surface area contributed by atoms with E-state index in [-0.39, 0.29) is 0 Å². The molecule has 0 fully saturated rings. The van der Waals surface area contributed by atoms with Gasteiger partial charge in [0, 0.05) is 55.7 Å². The summed E-state index contributed by atoms with van der Waals surface area (Å²) in [5.74, 6) is 0. The van der Waals surface area contributed by atoms with Gasteiger partial charge < -0.3 is 18.6 Å². The second kappa shape index (κ2) is 14.6. The highest BCUT2D eigenvalue weighted by Crippen LogP contribution is 2.48. The van der Waals surface area contributed by atoms with E-state index < -0.39 is 0 Å². The van der Waals surface area contributed by atoms with Crippen LogP contribution in [-0.2, 0) is 0 Å². The van der Waals surface area contributed by atoms with E-state index in [4.69, 9.17) is 15.4 Å². The first-order valence-corrected chi connectivity index (χ1v) is 21.9. The summed E-state index contributed by atoms with van der Waals surface area (Å²) in [5, 5.41) is 7.77. The molecule has 0 N–H and O–H groups in total. The minimum atomic E-state index is 0.545. The van der Waals surface area contributed by atoms with Crippen molar-refractivity contribution in [1.82, 2.24) is 0 Å². The zero-order valence-electron chi connectivity index (χ0n) is 37.4. The van der Waals surface area contributed by atoms with Crippen LogP contribution in [0.25, 0.3) is 70.3 Å². The quantitative estimate of drug-likeness (QED) is 0.156. The Morgan fingerprint density at radius 1 is 0.391 bits per heavy atom. The highest BCUT2D eigenvalue weighted by atomic mass is 16.4. The van der Waals surface area contributed by atoms with Crippen molar-refractivity contribution in [2.75, 3.05) is 9.80 Å². The average molecular weight is 830 g/mol. The molecule has 0 atom stereocenters. The topological polar surface area (TPSA) is 37.1 Å². The Labute approximate surface area is 373 Å². The minimum Gasteiger partial charge on any atom is -0.453 e. The van der Waals surface area contributed by atoms with Crippen molar-refractivity contribution < 1.29 is 8.83 Å². The largest absolute Gasteiger partial charge is 0.453 e. The number of anilines is 6. The molecule has 2 aromatic heterocycles. The zero-order valence-corrected chi connectivity index (χ0v) is 37.4. The number of benzene rings is 9. The fraction of sp³-hybridized carbons (Fsp3) is 0.136. The van der Waals surface area contributed by atoms with Crippen LogP contribution in [-0.4, -0.2) is 0 Å². The van der Waals surface area contributed by atoms with Crippen LogP contribution in [0, 0.1) is 62.0 Å². The van der Waals surface area contributed by atoms with Crippen molar-refractivity contribution in [3.8, 4) is 0 Å². The lowest BCUT2D eigenvalue weighted by molar-refractivity contribution is 0.634. The van der Waals surface area contributed by atoms with E-state index in [1.165, 1.54) is 44.5 Å². The summed E-state index contributed by atoms with van der Waals surface area (Å²) in [5.41, 5.74) is 20.0. The number of fused-ring (bicyclic) bond motifs is 9. The molecule has 0 aliphatic carbocycles. The van der Waals surface area contributed by atoms with Gasteiger partial charge in [0.05, 0.1) is 6.57 Å². The van der Waals surface area contributed by atoms with Crippen LogP contribution in [0.3, 0.4) is 0 Å². The SMILES string of the molecule is [C-]#[N+]c1cc2c3cc4ccc(N(c5cccc(C)c5C)c5cccc(C)c5C)cc4cc3oc2c2oc3cc4cc(N(c5cccc(C)c5C)c5cccc(C)c5C)ccc4cc3c12. The van der Waals surface area contributed by atoms with Crippen molar-refractivity contribution in [2.24, 2.45) is 0 Å². The van der Waals surface area contributed by atoms with Gasteiger partial charge in [-0.25, -0.2) is 4.85 Å². The Kier molecular flexibility index (Phi) is 8.94. The van der Waals surface area contributed by atoms with Crippen molar-refractivity contribution in [2.45, 2.75) is 55.4 Å². The summed E-state index contributed by atoms with van der Waals surface area (Å²) in [6.45, 7) is 25.9. The summed E-state index contributed by atoms with van der Waals surface area (Å²) in [6, 6.07) is 49.9. The number of rotatable bonds is 6. The molecule has 11 aromatic rings. The first-order chi connectivity index (χ1) is 31.0. The van der Waals surface area contributed by atoms with Gasteiger partial charge in [-0.1, -0.05) is 60.7 Å². The molecule has 0 amide bonds. The molecule has 5 nitrogen and oxygen atoms in total. The molecule has 11 rings (SSSR count). The molecule has 64 heavy (non-hydrogen) atoms. The van der Waals surface area contributed by atoms with E-state index in [1.807, 2.05) is 6.07 Å². The molecule has 0 radical (unpaired) electrons.